The molecule has 1 aliphatic rings. The highest BCUT2D eigenvalue weighted by Gasteiger charge is 2.26. The van der Waals surface area contributed by atoms with E-state index < -0.39 is 0 Å². The van der Waals surface area contributed by atoms with E-state index in [0.717, 1.165) is 25.0 Å². The van der Waals surface area contributed by atoms with Gasteiger partial charge >= 0.3 is 0 Å². The average Bonchev–Trinajstić information content (AvgIpc) is 2.57. The molecule has 2 rings (SSSR count). The number of carbonyl (C=O) groups is 1. The molecular weight excluding hydrogens is 216 g/mol. The lowest BCUT2D eigenvalue weighted by atomic mass is 9.83. The fourth-order valence-corrected chi connectivity index (χ4v) is 2.87. The monoisotopic (exact) mass is 236 g/mol. The number of hydrogen-bond donors (Lipinski definition) is 2. The molecule has 5 nitrogen and oxygen atoms in total. The Morgan fingerprint density at radius 1 is 1.59 bits per heavy atom. The molecule has 0 aromatic carbocycles. The molecule has 0 bridgehead atoms. The average molecular weight is 236 g/mol. The molecule has 5 heteroatoms. The summed E-state index contributed by atoms with van der Waals surface area (Å²) in [4.78, 5) is 11.0. The molecule has 0 fully saturated rings. The van der Waals surface area contributed by atoms with E-state index in [0.29, 0.717) is 12.5 Å². The number of hydrogen-bond acceptors (Lipinski definition) is 3. The van der Waals surface area contributed by atoms with Crippen LogP contribution in [0.4, 0.5) is 0 Å². The lowest BCUT2D eigenvalue weighted by molar-refractivity contribution is -0.118. The normalized spacial score (nSPS) is 19.1. The summed E-state index contributed by atoms with van der Waals surface area (Å²) in [6, 6.07) is 0. The van der Waals surface area contributed by atoms with Gasteiger partial charge in [0.25, 0.3) is 0 Å². The minimum Gasteiger partial charge on any atom is -0.368 e. The van der Waals surface area contributed by atoms with Crippen LogP contribution in [0.2, 0.25) is 0 Å². The van der Waals surface area contributed by atoms with Gasteiger partial charge in [0, 0.05) is 5.69 Å². The van der Waals surface area contributed by atoms with Crippen molar-refractivity contribution in [3.63, 3.8) is 0 Å². The molecular formula is C12H20N4O. The van der Waals surface area contributed by atoms with Gasteiger partial charge in [-0.3, -0.25) is 9.48 Å². The molecule has 1 aliphatic carbocycles. The van der Waals surface area contributed by atoms with E-state index in [-0.39, 0.29) is 12.5 Å². The Bertz CT molecular complexity index is 424. The Morgan fingerprint density at radius 3 is 3.00 bits per heavy atom. The summed E-state index contributed by atoms with van der Waals surface area (Å²) in [6.07, 6.45) is 4.30. The van der Waals surface area contributed by atoms with E-state index in [9.17, 15) is 4.79 Å². The van der Waals surface area contributed by atoms with Gasteiger partial charge in [-0.2, -0.15) is 5.10 Å². The number of primary amides is 1. The fraction of sp³-hybridized carbons (Fsp3) is 0.667. The van der Waals surface area contributed by atoms with Gasteiger partial charge in [0.05, 0.1) is 5.69 Å². The Morgan fingerprint density at radius 2 is 2.35 bits per heavy atom. The van der Waals surface area contributed by atoms with E-state index in [1.807, 2.05) is 6.92 Å². The second-order valence-corrected chi connectivity index (χ2v) is 4.74. The third kappa shape index (κ3) is 2.34. The first-order valence-corrected chi connectivity index (χ1v) is 6.18. The molecule has 0 aliphatic heterocycles. The minimum atomic E-state index is -0.337. The number of fused-ring (bicyclic) bond motifs is 1. The highest BCUT2D eigenvalue weighted by atomic mass is 16.1. The van der Waals surface area contributed by atoms with Crippen LogP contribution in [-0.4, -0.2) is 22.2 Å². The van der Waals surface area contributed by atoms with Gasteiger partial charge in [0.15, 0.2) is 0 Å². The first-order chi connectivity index (χ1) is 8.13. The van der Waals surface area contributed by atoms with Crippen LogP contribution in [0.15, 0.2) is 0 Å². The Labute approximate surface area is 101 Å². The van der Waals surface area contributed by atoms with Crippen LogP contribution in [-0.2, 0) is 17.8 Å². The van der Waals surface area contributed by atoms with Crippen molar-refractivity contribution in [2.45, 2.75) is 45.1 Å². The summed E-state index contributed by atoms with van der Waals surface area (Å²) in [7, 11) is 0. The lowest BCUT2D eigenvalue weighted by Crippen LogP contribution is -2.22. The summed E-state index contributed by atoms with van der Waals surface area (Å²) >= 11 is 0. The van der Waals surface area contributed by atoms with Crippen molar-refractivity contribution in [2.24, 2.45) is 11.5 Å². The second-order valence-electron chi connectivity index (χ2n) is 4.74. The molecule has 4 N–H and O–H groups in total. The topological polar surface area (TPSA) is 86.9 Å². The highest BCUT2D eigenvalue weighted by molar-refractivity contribution is 5.73. The van der Waals surface area contributed by atoms with E-state index in [1.165, 1.54) is 17.7 Å². The van der Waals surface area contributed by atoms with Gasteiger partial charge in [-0.1, -0.05) is 0 Å². The number of carbonyl (C=O) groups excluding carboxylic acids is 1. The molecule has 1 aromatic rings. The van der Waals surface area contributed by atoms with E-state index in [4.69, 9.17) is 11.5 Å². The number of amides is 1. The Balaban J connectivity index is 2.34. The zero-order valence-corrected chi connectivity index (χ0v) is 10.3. The Hall–Kier alpha value is -1.36. The van der Waals surface area contributed by atoms with Crippen molar-refractivity contribution >= 4 is 5.91 Å². The van der Waals surface area contributed by atoms with E-state index >= 15 is 0 Å². The summed E-state index contributed by atoms with van der Waals surface area (Å²) in [5.74, 6) is 0.168. The van der Waals surface area contributed by atoms with Crippen LogP contribution in [0.1, 0.15) is 42.1 Å². The third-order valence-electron chi connectivity index (χ3n) is 3.48. The molecule has 0 saturated carbocycles. The third-order valence-corrected chi connectivity index (χ3v) is 3.48. The van der Waals surface area contributed by atoms with Crippen molar-refractivity contribution in [3.8, 4) is 0 Å². The number of aromatic nitrogens is 2. The van der Waals surface area contributed by atoms with Crippen LogP contribution in [0.3, 0.4) is 0 Å². The van der Waals surface area contributed by atoms with E-state index in [2.05, 4.69) is 5.10 Å². The SMILES string of the molecule is Cc1nn(CC(N)=O)c2c1C(CCN)CCC2. The van der Waals surface area contributed by atoms with Crippen molar-refractivity contribution < 1.29 is 4.79 Å². The molecule has 1 heterocycles. The predicted molar refractivity (Wildman–Crippen MR) is 65.5 cm³/mol. The highest BCUT2D eigenvalue weighted by Crippen LogP contribution is 2.35. The maximum absolute atomic E-state index is 11.0. The van der Waals surface area contributed by atoms with Crippen LogP contribution in [0.25, 0.3) is 0 Å². The molecule has 0 radical (unpaired) electrons. The minimum absolute atomic E-state index is 0.186. The molecule has 17 heavy (non-hydrogen) atoms. The second kappa shape index (κ2) is 4.87. The molecule has 94 valence electrons. The van der Waals surface area contributed by atoms with Gasteiger partial charge in [-0.25, -0.2) is 0 Å². The van der Waals surface area contributed by atoms with Crippen molar-refractivity contribution in [2.75, 3.05) is 6.54 Å². The van der Waals surface area contributed by atoms with Crippen LogP contribution in [0.5, 0.6) is 0 Å². The van der Waals surface area contributed by atoms with Gasteiger partial charge in [-0.05, 0) is 50.6 Å². The van der Waals surface area contributed by atoms with Gasteiger partial charge in [-0.15, -0.1) is 0 Å². The number of aryl methyl sites for hydroxylation is 1. The largest absolute Gasteiger partial charge is 0.368 e. The first kappa shape index (κ1) is 12.1. The zero-order valence-electron chi connectivity index (χ0n) is 10.3. The maximum Gasteiger partial charge on any atom is 0.239 e. The van der Waals surface area contributed by atoms with Crippen LogP contribution >= 0.6 is 0 Å². The van der Waals surface area contributed by atoms with Crippen molar-refractivity contribution in [1.29, 1.82) is 0 Å². The van der Waals surface area contributed by atoms with Crippen molar-refractivity contribution in [1.82, 2.24) is 9.78 Å². The maximum atomic E-state index is 11.0. The number of nitrogens with two attached hydrogens (primary N) is 2. The smallest absolute Gasteiger partial charge is 0.239 e. The molecule has 0 spiro atoms. The van der Waals surface area contributed by atoms with Crippen LogP contribution < -0.4 is 11.5 Å². The van der Waals surface area contributed by atoms with E-state index in [1.54, 1.807) is 4.68 Å². The number of nitrogens with zero attached hydrogens (tertiary/aromatic N) is 2. The van der Waals surface area contributed by atoms with Gasteiger partial charge in [0.1, 0.15) is 6.54 Å². The summed E-state index contributed by atoms with van der Waals surface area (Å²) in [5, 5.41) is 4.44. The summed E-state index contributed by atoms with van der Waals surface area (Å²) in [6.45, 7) is 2.89. The number of rotatable bonds is 4. The molecule has 1 aromatic heterocycles. The zero-order chi connectivity index (χ0) is 12.4. The van der Waals surface area contributed by atoms with Crippen molar-refractivity contribution in [3.05, 3.63) is 17.0 Å². The summed E-state index contributed by atoms with van der Waals surface area (Å²) < 4.78 is 1.77. The molecule has 1 unspecified atom stereocenters. The van der Waals surface area contributed by atoms with Gasteiger partial charge in [0.2, 0.25) is 5.91 Å². The Kier molecular flexibility index (Phi) is 3.47. The quantitative estimate of drug-likeness (QED) is 0.795. The molecule has 1 amide bonds. The van der Waals surface area contributed by atoms with Gasteiger partial charge < -0.3 is 11.5 Å². The fourth-order valence-electron chi connectivity index (χ4n) is 2.87. The van der Waals surface area contributed by atoms with Crippen LogP contribution in [0, 0.1) is 6.92 Å². The first-order valence-electron chi connectivity index (χ1n) is 6.18. The predicted octanol–water partition coefficient (Wildman–Crippen LogP) is 0.446. The summed E-state index contributed by atoms with van der Waals surface area (Å²) in [5.41, 5.74) is 14.4. The molecule has 0 saturated heterocycles. The lowest BCUT2D eigenvalue weighted by Gasteiger charge is -2.23. The standard InChI is InChI=1S/C12H20N4O/c1-8-12-9(5-6-13)3-2-4-10(12)16(15-8)7-11(14)17/h9H,2-7,13H2,1H3,(H2,14,17). The molecule has 1 atom stereocenters.